The molecule has 0 aliphatic heterocycles. The van der Waals surface area contributed by atoms with Crippen LogP contribution in [-0.4, -0.2) is 28.9 Å². The molecule has 6 nitrogen and oxygen atoms in total. The van der Waals surface area contributed by atoms with E-state index in [0.29, 0.717) is 6.42 Å². The molecule has 6 heteroatoms. The minimum Gasteiger partial charge on any atom is -0.480 e. The first kappa shape index (κ1) is 21.7. The van der Waals surface area contributed by atoms with Crippen LogP contribution in [0.25, 0.3) is 0 Å². The summed E-state index contributed by atoms with van der Waals surface area (Å²) < 4.78 is 0. The van der Waals surface area contributed by atoms with E-state index in [1.54, 1.807) is 0 Å². The first-order valence-electron chi connectivity index (χ1n) is 9.30. The number of aliphatic carboxylic acids is 1. The molecule has 144 valence electrons. The van der Waals surface area contributed by atoms with E-state index in [1.807, 2.05) is 37.3 Å². The van der Waals surface area contributed by atoms with Crippen LogP contribution >= 0.6 is 0 Å². The van der Waals surface area contributed by atoms with Gasteiger partial charge in [-0.2, -0.15) is 0 Å². The summed E-state index contributed by atoms with van der Waals surface area (Å²) >= 11 is 0. The molecule has 0 unspecified atom stereocenters. The first-order chi connectivity index (χ1) is 12.4. The van der Waals surface area contributed by atoms with Gasteiger partial charge in [0.05, 0.1) is 6.04 Å². The zero-order valence-corrected chi connectivity index (χ0v) is 15.7. The highest BCUT2D eigenvalue weighted by Gasteiger charge is 2.20. The molecule has 0 saturated heterocycles. The lowest BCUT2D eigenvalue weighted by molar-refractivity contribution is -0.142. The smallest absolute Gasteiger partial charge is 0.326 e. The number of amides is 2. The molecule has 0 aromatic heterocycles. The Morgan fingerprint density at radius 3 is 2.15 bits per heavy atom. The highest BCUT2D eigenvalue weighted by atomic mass is 16.4. The Bertz CT molecular complexity index is 574. The zero-order chi connectivity index (χ0) is 19.4. The third-order valence-electron chi connectivity index (χ3n) is 4.24. The number of carboxylic acids is 1. The molecule has 0 radical (unpaired) electrons. The Morgan fingerprint density at radius 2 is 1.58 bits per heavy atom. The molecule has 1 aromatic rings. The fourth-order valence-electron chi connectivity index (χ4n) is 2.66. The number of carbonyl (C=O) groups excluding carboxylic acids is 2. The van der Waals surface area contributed by atoms with Crippen LogP contribution < -0.4 is 10.6 Å². The molecule has 2 atom stereocenters. The molecule has 0 heterocycles. The molecule has 2 amide bonds. The molecular weight excluding hydrogens is 332 g/mol. The SMILES string of the molecule is CCCCCC[C@H](NC(=O)CCC(=O)N[C@H](C)c1ccccc1)C(=O)O. The Labute approximate surface area is 155 Å². The lowest BCUT2D eigenvalue weighted by atomic mass is 10.1. The Kier molecular flexibility index (Phi) is 10.1. The van der Waals surface area contributed by atoms with Crippen LogP contribution in [0.3, 0.4) is 0 Å². The number of carbonyl (C=O) groups is 3. The number of hydrogen-bond acceptors (Lipinski definition) is 3. The van der Waals surface area contributed by atoms with E-state index in [4.69, 9.17) is 0 Å². The molecule has 26 heavy (non-hydrogen) atoms. The van der Waals surface area contributed by atoms with Crippen LogP contribution in [0, 0.1) is 0 Å². The number of unbranched alkanes of at least 4 members (excludes halogenated alkanes) is 3. The molecule has 1 aromatic carbocycles. The lowest BCUT2D eigenvalue weighted by Gasteiger charge is -2.16. The van der Waals surface area contributed by atoms with Crippen LogP contribution in [0.2, 0.25) is 0 Å². The van der Waals surface area contributed by atoms with Gasteiger partial charge in [-0.05, 0) is 18.9 Å². The summed E-state index contributed by atoms with van der Waals surface area (Å²) in [6.07, 6.45) is 4.27. The maximum Gasteiger partial charge on any atom is 0.326 e. The Morgan fingerprint density at radius 1 is 0.962 bits per heavy atom. The summed E-state index contributed by atoms with van der Waals surface area (Å²) in [6.45, 7) is 3.96. The van der Waals surface area contributed by atoms with Gasteiger partial charge < -0.3 is 15.7 Å². The topological polar surface area (TPSA) is 95.5 Å². The van der Waals surface area contributed by atoms with Crippen molar-refractivity contribution in [1.82, 2.24) is 10.6 Å². The van der Waals surface area contributed by atoms with E-state index in [0.717, 1.165) is 31.2 Å². The molecule has 0 bridgehead atoms. The highest BCUT2D eigenvalue weighted by molar-refractivity contribution is 5.87. The lowest BCUT2D eigenvalue weighted by Crippen LogP contribution is -2.41. The first-order valence-corrected chi connectivity index (χ1v) is 9.30. The van der Waals surface area contributed by atoms with E-state index in [-0.39, 0.29) is 24.8 Å². The molecular formula is C20H30N2O4. The van der Waals surface area contributed by atoms with Crippen LogP contribution in [0.1, 0.15) is 70.4 Å². The van der Waals surface area contributed by atoms with E-state index < -0.39 is 17.9 Å². The molecule has 0 fully saturated rings. The second-order valence-electron chi connectivity index (χ2n) is 6.51. The van der Waals surface area contributed by atoms with E-state index in [1.165, 1.54) is 0 Å². The predicted molar refractivity (Wildman–Crippen MR) is 101 cm³/mol. The van der Waals surface area contributed by atoms with Crippen molar-refractivity contribution in [2.45, 2.75) is 70.9 Å². The summed E-state index contributed by atoms with van der Waals surface area (Å²) in [5, 5.41) is 14.6. The van der Waals surface area contributed by atoms with Crippen molar-refractivity contribution in [3.05, 3.63) is 35.9 Å². The van der Waals surface area contributed by atoms with Gasteiger partial charge >= 0.3 is 5.97 Å². The van der Waals surface area contributed by atoms with Gasteiger partial charge in [0.2, 0.25) is 11.8 Å². The third-order valence-corrected chi connectivity index (χ3v) is 4.24. The minimum absolute atomic E-state index is 0.0217. The largest absolute Gasteiger partial charge is 0.480 e. The highest BCUT2D eigenvalue weighted by Crippen LogP contribution is 2.11. The third kappa shape index (κ3) is 8.65. The van der Waals surface area contributed by atoms with E-state index >= 15 is 0 Å². The van der Waals surface area contributed by atoms with E-state index in [2.05, 4.69) is 17.6 Å². The predicted octanol–water partition coefficient (Wildman–Crippen LogP) is 3.18. The molecule has 0 spiro atoms. The van der Waals surface area contributed by atoms with Crippen LogP contribution in [0.15, 0.2) is 30.3 Å². The van der Waals surface area contributed by atoms with Gasteiger partial charge in [-0.15, -0.1) is 0 Å². The molecule has 3 N–H and O–H groups in total. The van der Waals surface area contributed by atoms with Crippen molar-refractivity contribution in [1.29, 1.82) is 0 Å². The van der Waals surface area contributed by atoms with Crippen molar-refractivity contribution in [2.24, 2.45) is 0 Å². The van der Waals surface area contributed by atoms with Crippen molar-refractivity contribution in [3.8, 4) is 0 Å². The molecule has 0 saturated carbocycles. The Balaban J connectivity index is 2.34. The fraction of sp³-hybridized carbons (Fsp3) is 0.550. The van der Waals surface area contributed by atoms with E-state index in [9.17, 15) is 19.5 Å². The van der Waals surface area contributed by atoms with Crippen molar-refractivity contribution in [2.75, 3.05) is 0 Å². The molecule has 0 aliphatic rings. The van der Waals surface area contributed by atoms with Gasteiger partial charge in [-0.25, -0.2) is 4.79 Å². The maximum atomic E-state index is 12.0. The van der Waals surface area contributed by atoms with Gasteiger partial charge in [0.25, 0.3) is 0 Å². The van der Waals surface area contributed by atoms with Crippen molar-refractivity contribution < 1.29 is 19.5 Å². The van der Waals surface area contributed by atoms with Crippen LogP contribution in [0.5, 0.6) is 0 Å². The van der Waals surface area contributed by atoms with Gasteiger partial charge in [-0.3, -0.25) is 9.59 Å². The average Bonchev–Trinajstić information content (AvgIpc) is 2.63. The molecule has 0 aliphatic carbocycles. The second-order valence-corrected chi connectivity index (χ2v) is 6.51. The number of nitrogens with one attached hydrogen (secondary N) is 2. The van der Waals surface area contributed by atoms with Crippen LogP contribution in [-0.2, 0) is 14.4 Å². The van der Waals surface area contributed by atoms with Gasteiger partial charge in [0, 0.05) is 12.8 Å². The number of hydrogen-bond donors (Lipinski definition) is 3. The number of carboxylic acid groups (broad SMARTS) is 1. The standard InChI is InChI=1S/C20H30N2O4/c1-3-4-5-9-12-17(20(25)26)22-19(24)14-13-18(23)21-15(2)16-10-7-6-8-11-16/h6-8,10-11,15,17H,3-5,9,12-14H2,1-2H3,(H,21,23)(H,22,24)(H,25,26)/t15-,17+/m1/s1. The van der Waals surface area contributed by atoms with Crippen molar-refractivity contribution in [3.63, 3.8) is 0 Å². The quantitative estimate of drug-likeness (QED) is 0.498. The minimum atomic E-state index is -1.03. The molecule has 1 rings (SSSR count). The van der Waals surface area contributed by atoms with Gasteiger partial charge in [0.15, 0.2) is 0 Å². The zero-order valence-electron chi connectivity index (χ0n) is 15.7. The fourth-order valence-corrected chi connectivity index (χ4v) is 2.66. The monoisotopic (exact) mass is 362 g/mol. The van der Waals surface area contributed by atoms with Crippen LogP contribution in [0.4, 0.5) is 0 Å². The van der Waals surface area contributed by atoms with Gasteiger partial charge in [-0.1, -0.05) is 62.9 Å². The number of benzene rings is 1. The summed E-state index contributed by atoms with van der Waals surface area (Å²) in [7, 11) is 0. The Hall–Kier alpha value is -2.37. The van der Waals surface area contributed by atoms with Gasteiger partial charge in [0.1, 0.15) is 6.04 Å². The summed E-state index contributed by atoms with van der Waals surface area (Å²) in [5.74, 6) is -1.67. The average molecular weight is 362 g/mol. The second kappa shape index (κ2) is 12.1. The van der Waals surface area contributed by atoms with Crippen molar-refractivity contribution >= 4 is 17.8 Å². The summed E-state index contributed by atoms with van der Waals surface area (Å²) in [4.78, 5) is 35.2. The maximum absolute atomic E-state index is 12.0. The normalized spacial score (nSPS) is 12.8. The number of rotatable bonds is 12. The summed E-state index contributed by atoms with van der Waals surface area (Å²) in [6, 6.07) is 8.53. The summed E-state index contributed by atoms with van der Waals surface area (Å²) in [5.41, 5.74) is 0.989.